The van der Waals surface area contributed by atoms with E-state index in [1.807, 2.05) is 0 Å². The highest BCUT2D eigenvalue weighted by molar-refractivity contribution is 5.96. The fourth-order valence-corrected chi connectivity index (χ4v) is 1.54. The van der Waals surface area contributed by atoms with Gasteiger partial charge in [0.1, 0.15) is 5.69 Å². The molecule has 0 atom stereocenters. The number of nitrogens with zero attached hydrogens (tertiary/aromatic N) is 2. The van der Waals surface area contributed by atoms with Crippen molar-refractivity contribution in [3.8, 4) is 0 Å². The number of ether oxygens (including phenoxy) is 2. The number of aromatic nitrogens is 2. The smallest absolute Gasteiger partial charge is 0.274 e. The summed E-state index contributed by atoms with van der Waals surface area (Å²) in [5.41, 5.74) is 6.34. The van der Waals surface area contributed by atoms with Crippen molar-refractivity contribution in [2.75, 3.05) is 46.3 Å². The number of H-pyrrole nitrogens is 1. The van der Waals surface area contributed by atoms with Crippen molar-refractivity contribution in [3.63, 3.8) is 0 Å². The van der Waals surface area contributed by atoms with Gasteiger partial charge in [0.15, 0.2) is 0 Å². The van der Waals surface area contributed by atoms with Crippen LogP contribution in [0.1, 0.15) is 16.9 Å². The van der Waals surface area contributed by atoms with Crippen molar-refractivity contribution in [3.05, 3.63) is 11.9 Å². The molecule has 1 amide bonds. The zero-order chi connectivity index (χ0) is 13.4. The Morgan fingerprint density at radius 1 is 1.39 bits per heavy atom. The first-order valence-electron chi connectivity index (χ1n) is 5.76. The zero-order valence-corrected chi connectivity index (χ0v) is 10.8. The Morgan fingerprint density at radius 3 is 2.67 bits per heavy atom. The van der Waals surface area contributed by atoms with Crippen LogP contribution in [-0.2, 0) is 9.47 Å². The summed E-state index contributed by atoms with van der Waals surface area (Å²) in [6.07, 6.45) is 2.19. The van der Waals surface area contributed by atoms with Crippen LogP contribution in [0, 0.1) is 0 Å². The molecule has 3 N–H and O–H groups in total. The molecule has 102 valence electrons. The Bertz CT molecular complexity index is 367. The predicted octanol–water partition coefficient (Wildman–Crippen LogP) is 0.117. The molecule has 0 spiro atoms. The number of anilines is 1. The first kappa shape index (κ1) is 14.5. The number of carbonyl (C=O) groups is 1. The maximum absolute atomic E-state index is 12.2. The number of carbonyl (C=O) groups excluding carboxylic acids is 1. The first-order valence-corrected chi connectivity index (χ1v) is 5.76. The molecule has 1 rings (SSSR count). The quantitative estimate of drug-likeness (QED) is 0.644. The lowest BCUT2D eigenvalue weighted by Crippen LogP contribution is -2.35. The molecule has 0 radical (unpaired) electrons. The molecule has 18 heavy (non-hydrogen) atoms. The molecule has 1 heterocycles. The van der Waals surface area contributed by atoms with Gasteiger partial charge in [-0.1, -0.05) is 0 Å². The van der Waals surface area contributed by atoms with Gasteiger partial charge in [-0.05, 0) is 6.42 Å². The third-order valence-electron chi connectivity index (χ3n) is 2.51. The van der Waals surface area contributed by atoms with Crippen LogP contribution in [0.25, 0.3) is 0 Å². The molecule has 1 aromatic rings. The van der Waals surface area contributed by atoms with Crippen molar-refractivity contribution < 1.29 is 14.3 Å². The van der Waals surface area contributed by atoms with E-state index in [0.717, 1.165) is 6.42 Å². The third kappa shape index (κ3) is 4.01. The molecule has 0 saturated heterocycles. The highest BCUT2D eigenvalue weighted by Gasteiger charge is 2.19. The van der Waals surface area contributed by atoms with Gasteiger partial charge in [-0.15, -0.1) is 0 Å². The van der Waals surface area contributed by atoms with Crippen molar-refractivity contribution in [2.45, 2.75) is 6.42 Å². The molecule has 0 aromatic carbocycles. The van der Waals surface area contributed by atoms with Gasteiger partial charge in [0, 0.05) is 33.9 Å². The van der Waals surface area contributed by atoms with Crippen LogP contribution in [0.15, 0.2) is 6.20 Å². The lowest BCUT2D eigenvalue weighted by molar-refractivity contribution is 0.0669. The summed E-state index contributed by atoms with van der Waals surface area (Å²) in [6.45, 7) is 2.19. The lowest BCUT2D eigenvalue weighted by atomic mass is 10.3. The second kappa shape index (κ2) is 7.67. The minimum absolute atomic E-state index is 0.168. The Labute approximate surface area is 106 Å². The topological polar surface area (TPSA) is 93.5 Å². The van der Waals surface area contributed by atoms with E-state index in [0.29, 0.717) is 37.7 Å². The minimum atomic E-state index is -0.168. The number of nitrogen functional groups attached to an aromatic ring is 1. The van der Waals surface area contributed by atoms with E-state index in [-0.39, 0.29) is 5.91 Å². The van der Waals surface area contributed by atoms with Crippen LogP contribution >= 0.6 is 0 Å². The summed E-state index contributed by atoms with van der Waals surface area (Å²) in [5.74, 6) is -0.168. The van der Waals surface area contributed by atoms with Crippen LogP contribution in [0.2, 0.25) is 0 Å². The maximum atomic E-state index is 12.2. The van der Waals surface area contributed by atoms with Crippen molar-refractivity contribution >= 4 is 11.6 Å². The molecule has 7 nitrogen and oxygen atoms in total. The number of hydrogen-bond donors (Lipinski definition) is 2. The highest BCUT2D eigenvalue weighted by Crippen LogP contribution is 2.10. The largest absolute Gasteiger partial charge is 0.396 e. The monoisotopic (exact) mass is 256 g/mol. The Hall–Kier alpha value is -1.60. The number of rotatable bonds is 8. The average molecular weight is 256 g/mol. The van der Waals surface area contributed by atoms with Gasteiger partial charge in [-0.3, -0.25) is 9.89 Å². The fourth-order valence-electron chi connectivity index (χ4n) is 1.54. The van der Waals surface area contributed by atoms with Crippen LogP contribution in [0.4, 0.5) is 5.69 Å². The number of amides is 1. The average Bonchev–Trinajstić information content (AvgIpc) is 2.79. The molecule has 0 aliphatic rings. The molecule has 0 bridgehead atoms. The van der Waals surface area contributed by atoms with E-state index in [4.69, 9.17) is 15.2 Å². The van der Waals surface area contributed by atoms with Crippen LogP contribution in [0.3, 0.4) is 0 Å². The Balaban J connectivity index is 2.63. The van der Waals surface area contributed by atoms with E-state index >= 15 is 0 Å². The molecule has 7 heteroatoms. The highest BCUT2D eigenvalue weighted by atomic mass is 16.5. The zero-order valence-electron chi connectivity index (χ0n) is 10.8. The number of methoxy groups -OCH3 is 2. The fraction of sp³-hybridized carbons (Fsp3) is 0.636. The summed E-state index contributed by atoms with van der Waals surface area (Å²) in [7, 11) is 3.23. The third-order valence-corrected chi connectivity index (χ3v) is 2.51. The van der Waals surface area contributed by atoms with Gasteiger partial charge in [-0.2, -0.15) is 5.10 Å². The van der Waals surface area contributed by atoms with Crippen molar-refractivity contribution in [1.29, 1.82) is 0 Å². The molecular formula is C11H20N4O3. The van der Waals surface area contributed by atoms with E-state index in [2.05, 4.69) is 10.2 Å². The summed E-state index contributed by atoms with van der Waals surface area (Å²) >= 11 is 0. The lowest BCUT2D eigenvalue weighted by Gasteiger charge is -2.21. The van der Waals surface area contributed by atoms with E-state index in [1.165, 1.54) is 6.20 Å². The normalized spacial score (nSPS) is 10.6. The molecular weight excluding hydrogens is 236 g/mol. The molecule has 0 aliphatic heterocycles. The SMILES string of the molecule is COCCCN(CCOC)C(=O)c1[nH]ncc1N. The minimum Gasteiger partial charge on any atom is -0.396 e. The van der Waals surface area contributed by atoms with Gasteiger partial charge in [0.25, 0.3) is 5.91 Å². The summed E-state index contributed by atoms with van der Waals surface area (Å²) in [6, 6.07) is 0. The van der Waals surface area contributed by atoms with Crippen LogP contribution < -0.4 is 5.73 Å². The van der Waals surface area contributed by atoms with Crippen LogP contribution in [0.5, 0.6) is 0 Å². The van der Waals surface area contributed by atoms with Gasteiger partial charge >= 0.3 is 0 Å². The second-order valence-corrected chi connectivity index (χ2v) is 3.83. The Morgan fingerprint density at radius 2 is 2.11 bits per heavy atom. The summed E-state index contributed by atoms with van der Waals surface area (Å²) in [4.78, 5) is 13.9. The molecule has 0 saturated carbocycles. The first-order chi connectivity index (χ1) is 8.70. The molecule has 0 unspecified atom stereocenters. The number of aromatic amines is 1. The van der Waals surface area contributed by atoms with Gasteiger partial charge in [-0.25, -0.2) is 0 Å². The summed E-state index contributed by atoms with van der Waals surface area (Å²) < 4.78 is 9.97. The van der Waals surface area contributed by atoms with Crippen molar-refractivity contribution in [1.82, 2.24) is 15.1 Å². The number of nitrogens with one attached hydrogen (secondary N) is 1. The maximum Gasteiger partial charge on any atom is 0.274 e. The summed E-state index contributed by atoms with van der Waals surface area (Å²) in [5, 5.41) is 6.36. The standard InChI is InChI=1S/C11H20N4O3/c1-17-6-3-4-15(5-7-18-2)11(16)10-9(12)8-13-14-10/h8H,3-7,12H2,1-2H3,(H,13,14). The van der Waals surface area contributed by atoms with Gasteiger partial charge in [0.05, 0.1) is 18.5 Å². The second-order valence-electron chi connectivity index (χ2n) is 3.83. The van der Waals surface area contributed by atoms with Crippen LogP contribution in [-0.4, -0.2) is 61.5 Å². The molecule has 0 fully saturated rings. The number of hydrogen-bond acceptors (Lipinski definition) is 5. The molecule has 1 aromatic heterocycles. The van der Waals surface area contributed by atoms with E-state index < -0.39 is 0 Å². The van der Waals surface area contributed by atoms with E-state index in [9.17, 15) is 4.79 Å². The van der Waals surface area contributed by atoms with E-state index in [1.54, 1.807) is 19.1 Å². The van der Waals surface area contributed by atoms with Crippen molar-refractivity contribution in [2.24, 2.45) is 0 Å². The van der Waals surface area contributed by atoms with Gasteiger partial charge < -0.3 is 20.1 Å². The van der Waals surface area contributed by atoms with Gasteiger partial charge in [0.2, 0.25) is 0 Å². The predicted molar refractivity (Wildman–Crippen MR) is 67.3 cm³/mol. The Kier molecular flexibility index (Phi) is 6.16. The number of nitrogens with two attached hydrogens (primary N) is 1. The molecule has 0 aliphatic carbocycles.